The second kappa shape index (κ2) is 28.0. The van der Waals surface area contributed by atoms with E-state index in [1.165, 1.54) is 49.2 Å². The Morgan fingerprint density at radius 2 is 0.946 bits per heavy atom. The van der Waals surface area contributed by atoms with Crippen molar-refractivity contribution in [2.45, 2.75) is 166 Å². The number of nitrogens with zero attached hydrogens (tertiary/aromatic N) is 1. The second-order valence-corrected chi connectivity index (χ2v) is 21.5. The highest BCUT2D eigenvalue weighted by Gasteiger charge is 2.39. The molecule has 18 heteroatoms. The highest BCUT2D eigenvalue weighted by atomic mass is 35.5. The minimum absolute atomic E-state index is 0. The van der Waals surface area contributed by atoms with Crippen molar-refractivity contribution in [1.82, 2.24) is 21.3 Å². The summed E-state index contributed by atoms with van der Waals surface area (Å²) >= 11 is 0. The highest BCUT2D eigenvalue weighted by Crippen LogP contribution is 2.39. The van der Waals surface area contributed by atoms with Gasteiger partial charge in [0.2, 0.25) is 11.8 Å². The molecule has 6 rings (SSSR count). The highest BCUT2D eigenvalue weighted by molar-refractivity contribution is 5.85. The molecule has 2 amide bonds. The molecule has 0 heterocycles. The summed E-state index contributed by atoms with van der Waals surface area (Å²) in [5, 5.41) is 53.8. The Labute approximate surface area is 439 Å². The lowest BCUT2D eigenvalue weighted by atomic mass is 9.74. The quantitative estimate of drug-likeness (QED) is 0.0296. The SMILES string of the molecule is CC(=O)N[C@@H](Cc1cc(F)cc(F)c1)[C@H](O)CNC1(c2cccc(C(C)(C)C)c2)CCC(=NO)CC1.CC(=O)N[C@@H](Cc1cc(F)cc(F)c1)[C@H](O)CNC1(c2cccc(C(C)(C)C)c2)CCC(=O)CC1.Cl.NO. The van der Waals surface area contributed by atoms with E-state index in [1.807, 2.05) is 18.2 Å². The molecule has 0 spiro atoms. The standard InChI is InChI=1S/C28H37F2N3O3.C28H36F2N2O3.ClH.H3NO/c1-18(34)32-25(14-19-12-22(29)16-23(30)13-19)26(35)17-31-28(10-8-24(33-36)9-11-28)21-7-5-6-20(15-21)27(2,3)4;1-18(33)32-25(14-19-12-22(29)16-23(30)13-19)26(35)17-31-28(10-8-24(34)9-11-28)21-7-5-6-20(15-21)27(2,3)4;;1-2/h5-7,12-13,15-16,25-26,31,35-36H,8-11,14,17H2,1-4H3,(H,32,34);5-7,12-13,15-16,25-26,31,35H,8-11,14,17H2,1-4H3,(H,32,33);1H;2H,1H2/t25-,26+,28?;25-,26+;;/m00../s1. The average Bonchev–Trinajstić information content (AvgIpc) is 3.32. The molecule has 4 atom stereocenters. The zero-order valence-corrected chi connectivity index (χ0v) is 44.7. The molecule has 2 aliphatic rings. The second-order valence-electron chi connectivity index (χ2n) is 21.5. The molecule has 74 heavy (non-hydrogen) atoms. The molecule has 0 saturated heterocycles. The van der Waals surface area contributed by atoms with Crippen LogP contribution in [0, 0.1) is 23.3 Å². The summed E-state index contributed by atoms with van der Waals surface area (Å²) in [6.45, 7) is 15.9. The maximum atomic E-state index is 13.7. The van der Waals surface area contributed by atoms with E-state index >= 15 is 0 Å². The third kappa shape index (κ3) is 18.5. The van der Waals surface area contributed by atoms with Gasteiger partial charge in [-0.2, -0.15) is 0 Å². The number of hydrogen-bond acceptors (Lipinski definition) is 11. The number of ketones is 1. The van der Waals surface area contributed by atoms with Crippen molar-refractivity contribution >= 4 is 35.7 Å². The number of nitrogens with one attached hydrogen (secondary N) is 4. The van der Waals surface area contributed by atoms with Gasteiger partial charge >= 0.3 is 0 Å². The maximum Gasteiger partial charge on any atom is 0.217 e. The summed E-state index contributed by atoms with van der Waals surface area (Å²) in [6, 6.07) is 21.6. The molecule has 4 aromatic carbocycles. The minimum atomic E-state index is -1.02. The van der Waals surface area contributed by atoms with E-state index in [0.717, 1.165) is 29.0 Å². The van der Waals surface area contributed by atoms with Crippen LogP contribution in [0.25, 0.3) is 0 Å². The summed E-state index contributed by atoms with van der Waals surface area (Å²) in [5.74, 6) is 0.198. The number of Topliss-reactive ketones (excluding diaryl/α,β-unsaturated/α-hetero) is 1. The number of hydrogen-bond donors (Lipinski definition) is 9. The minimum Gasteiger partial charge on any atom is -0.411 e. The van der Waals surface area contributed by atoms with E-state index in [4.69, 9.17) is 5.21 Å². The fourth-order valence-electron chi connectivity index (χ4n) is 9.66. The van der Waals surface area contributed by atoms with Crippen molar-refractivity contribution in [2.24, 2.45) is 11.1 Å². The number of carbonyl (C=O) groups excluding carboxylic acids is 3. The average molecular weight is 1060 g/mol. The van der Waals surface area contributed by atoms with Crippen LogP contribution in [0.5, 0.6) is 0 Å². The van der Waals surface area contributed by atoms with E-state index in [-0.39, 0.29) is 66.8 Å². The Morgan fingerprint density at radius 3 is 1.26 bits per heavy atom. The van der Waals surface area contributed by atoms with Gasteiger partial charge in [0.1, 0.15) is 29.1 Å². The lowest BCUT2D eigenvalue weighted by Crippen LogP contribution is -2.53. The molecule has 4 aromatic rings. The Kier molecular flexibility index (Phi) is 23.9. The van der Waals surface area contributed by atoms with Gasteiger partial charge in [-0.15, -0.1) is 12.4 Å². The molecular weight excluding hydrogens is 980 g/mol. The van der Waals surface area contributed by atoms with Crippen LogP contribution in [-0.4, -0.2) is 81.3 Å². The molecule has 2 aliphatic carbocycles. The zero-order chi connectivity index (χ0) is 54.3. The van der Waals surface area contributed by atoms with Gasteiger partial charge in [0.05, 0.1) is 30.0 Å². The van der Waals surface area contributed by atoms with Crippen molar-refractivity contribution in [1.29, 1.82) is 0 Å². The van der Waals surface area contributed by atoms with E-state index in [9.17, 15) is 47.4 Å². The molecule has 0 unspecified atom stereocenters. The molecule has 2 fully saturated rings. The number of oxime groups is 1. The van der Waals surface area contributed by atoms with Crippen molar-refractivity contribution in [2.75, 3.05) is 13.1 Å². The van der Waals surface area contributed by atoms with Crippen LogP contribution in [0.3, 0.4) is 0 Å². The first-order chi connectivity index (χ1) is 34.3. The van der Waals surface area contributed by atoms with Gasteiger partial charge in [-0.25, -0.2) is 23.5 Å². The summed E-state index contributed by atoms with van der Waals surface area (Å²) in [6.07, 6.45) is 2.76. The summed E-state index contributed by atoms with van der Waals surface area (Å²) in [5.41, 5.74) is 4.89. The third-order valence-electron chi connectivity index (χ3n) is 13.8. The summed E-state index contributed by atoms with van der Waals surface area (Å²) < 4.78 is 54.8. The van der Waals surface area contributed by atoms with E-state index in [2.05, 4.69) is 104 Å². The van der Waals surface area contributed by atoms with E-state index < -0.39 is 58.6 Å². The normalized spacial score (nSPS) is 18.2. The molecule has 0 radical (unpaired) electrons. The van der Waals surface area contributed by atoms with Crippen molar-refractivity contribution < 1.29 is 52.6 Å². The Morgan fingerprint density at radius 1 is 0.608 bits per heavy atom. The van der Waals surface area contributed by atoms with Gasteiger partial charge in [0, 0.05) is 63.0 Å². The summed E-state index contributed by atoms with van der Waals surface area (Å²) in [7, 11) is 0. The van der Waals surface area contributed by atoms with Crippen LogP contribution in [0.1, 0.15) is 140 Å². The van der Waals surface area contributed by atoms with Crippen LogP contribution in [0.2, 0.25) is 0 Å². The van der Waals surface area contributed by atoms with E-state index in [0.29, 0.717) is 62.5 Å². The van der Waals surface area contributed by atoms with Gasteiger partial charge in [-0.1, -0.05) is 95.2 Å². The Bertz CT molecular complexity index is 2460. The van der Waals surface area contributed by atoms with Crippen molar-refractivity contribution in [3.63, 3.8) is 0 Å². The van der Waals surface area contributed by atoms with Crippen molar-refractivity contribution in [3.05, 3.63) is 142 Å². The van der Waals surface area contributed by atoms with Gasteiger partial charge in [-0.05, 0) is 120 Å². The number of aliphatic hydroxyl groups excluding tert-OH is 2. The van der Waals surface area contributed by atoms with Crippen LogP contribution < -0.4 is 27.2 Å². The monoisotopic (exact) mass is 1060 g/mol. The van der Waals surface area contributed by atoms with Crippen LogP contribution >= 0.6 is 12.4 Å². The van der Waals surface area contributed by atoms with Crippen LogP contribution in [0.15, 0.2) is 90.1 Å². The number of aliphatic hydroxyl groups is 2. The smallest absolute Gasteiger partial charge is 0.217 e. The zero-order valence-electron chi connectivity index (χ0n) is 43.8. The summed E-state index contributed by atoms with van der Waals surface area (Å²) in [4.78, 5) is 35.7. The first kappa shape index (κ1) is 63.0. The largest absolute Gasteiger partial charge is 0.411 e. The molecule has 0 aromatic heterocycles. The number of amides is 2. The Hall–Kier alpha value is -5.27. The van der Waals surface area contributed by atoms with Crippen molar-refractivity contribution in [3.8, 4) is 0 Å². The number of rotatable bonds is 16. The van der Waals surface area contributed by atoms with Gasteiger partial charge in [0.15, 0.2) is 0 Å². The number of halogens is 5. The van der Waals surface area contributed by atoms with Crippen LogP contribution in [0.4, 0.5) is 17.6 Å². The molecule has 0 bridgehead atoms. The van der Waals surface area contributed by atoms with Gasteiger partial charge in [0.25, 0.3) is 0 Å². The third-order valence-corrected chi connectivity index (χ3v) is 13.8. The molecule has 10 N–H and O–H groups in total. The number of carbonyl (C=O) groups is 3. The molecular formula is C56H77ClF4N6O7. The fourth-order valence-corrected chi connectivity index (χ4v) is 9.66. The number of nitrogens with two attached hydrogens (primary N) is 1. The fraction of sp³-hybridized carbons (Fsp3) is 0.500. The molecule has 13 nitrogen and oxygen atoms in total. The number of benzene rings is 4. The first-order valence-electron chi connectivity index (χ1n) is 24.8. The lowest BCUT2D eigenvalue weighted by molar-refractivity contribution is -0.122. The lowest BCUT2D eigenvalue weighted by Gasteiger charge is -2.41. The first-order valence-corrected chi connectivity index (χ1v) is 24.8. The van der Waals surface area contributed by atoms with E-state index in [1.54, 1.807) is 0 Å². The van der Waals surface area contributed by atoms with Gasteiger partial charge in [-0.3, -0.25) is 14.4 Å². The topological polar surface area (TPSA) is 219 Å². The van der Waals surface area contributed by atoms with Crippen LogP contribution in [-0.2, 0) is 49.1 Å². The predicted molar refractivity (Wildman–Crippen MR) is 281 cm³/mol. The molecule has 2 saturated carbocycles. The maximum absolute atomic E-state index is 13.7. The predicted octanol–water partition coefficient (Wildman–Crippen LogP) is 8.61. The molecule has 0 aliphatic heterocycles. The Balaban J connectivity index is 0.000000373. The van der Waals surface area contributed by atoms with Gasteiger partial charge < -0.3 is 41.9 Å². The molecule has 408 valence electrons.